The molecule has 0 fully saturated rings. The lowest BCUT2D eigenvalue weighted by atomic mass is 10.1. The van der Waals surface area contributed by atoms with Crippen LogP contribution in [0.15, 0.2) is 12.1 Å². The van der Waals surface area contributed by atoms with Crippen LogP contribution in [-0.2, 0) is 4.79 Å². The molecule has 0 aliphatic carbocycles. The van der Waals surface area contributed by atoms with Crippen molar-refractivity contribution in [3.05, 3.63) is 22.8 Å². The molecule has 1 rings (SSSR count). The van der Waals surface area contributed by atoms with E-state index in [0.29, 0.717) is 6.54 Å². The number of amides is 1. The van der Waals surface area contributed by atoms with Crippen LogP contribution in [0, 0.1) is 10.7 Å². The fraction of sp³-hybridized carbons (Fsp3) is 0.500. The molecule has 21 heavy (non-hydrogen) atoms. The Balaban J connectivity index is 2.73. The number of aliphatic hydroxyl groups is 1. The number of rotatable bonds is 6. The van der Waals surface area contributed by atoms with Crippen LogP contribution < -0.4 is 5.32 Å². The number of benzene rings is 1. The van der Waals surface area contributed by atoms with Crippen LogP contribution in [0.3, 0.4) is 0 Å². The molecule has 1 aromatic carbocycles. The van der Waals surface area contributed by atoms with Crippen molar-refractivity contribution in [1.29, 1.82) is 0 Å². The second-order valence-corrected chi connectivity index (χ2v) is 8.98. The van der Waals surface area contributed by atoms with Crippen LogP contribution in [-0.4, -0.2) is 41.1 Å². The summed E-state index contributed by atoms with van der Waals surface area (Å²) in [4.78, 5) is 14.1. The number of likely N-dealkylation sites (N-methyl/N-ethyl adjacent to an activating group) is 1. The third kappa shape index (κ3) is 7.27. The van der Waals surface area contributed by atoms with E-state index in [0.717, 1.165) is 22.9 Å². The van der Waals surface area contributed by atoms with Crippen molar-refractivity contribution < 1.29 is 9.90 Å². The van der Waals surface area contributed by atoms with Crippen molar-refractivity contribution >= 4 is 79.4 Å². The largest absolute Gasteiger partial charge is 0.389 e. The van der Waals surface area contributed by atoms with Gasteiger partial charge in [-0.1, -0.05) is 6.92 Å². The lowest BCUT2D eigenvalue weighted by molar-refractivity contribution is -0.117. The molecule has 0 saturated heterocycles. The Morgan fingerprint density at radius 2 is 1.81 bits per heavy atom. The Labute approximate surface area is 166 Å². The summed E-state index contributed by atoms with van der Waals surface area (Å²) in [5.74, 6) is -0.0573. The normalized spacial score (nSPS) is 11.8. The number of carbonyl (C=O) groups is 1. The van der Waals surface area contributed by atoms with Gasteiger partial charge in [-0.3, -0.25) is 9.69 Å². The Morgan fingerprint density at radius 1 is 1.29 bits per heavy atom. The molecule has 4 nitrogen and oxygen atoms in total. The Hall–Kier alpha value is 0.800. The summed E-state index contributed by atoms with van der Waals surface area (Å²) in [6.07, 6.45) is 0. The second-order valence-electron chi connectivity index (χ2n) is 5.41. The third-order valence-electron chi connectivity index (χ3n) is 2.70. The van der Waals surface area contributed by atoms with Crippen molar-refractivity contribution in [2.45, 2.75) is 26.4 Å². The van der Waals surface area contributed by atoms with E-state index in [4.69, 9.17) is 0 Å². The zero-order valence-corrected chi connectivity index (χ0v) is 18.7. The predicted octanol–water partition coefficient (Wildman–Crippen LogP) is 3.53. The molecule has 118 valence electrons. The highest BCUT2D eigenvalue weighted by Crippen LogP contribution is 2.27. The number of nitrogens with zero attached hydrogens (tertiary/aromatic N) is 1. The van der Waals surface area contributed by atoms with Crippen molar-refractivity contribution in [1.82, 2.24) is 4.90 Å². The summed E-state index contributed by atoms with van der Waals surface area (Å²) in [5.41, 5.74) is 0.0584. The Bertz CT molecular complexity index is 492. The Morgan fingerprint density at radius 3 is 2.24 bits per heavy atom. The van der Waals surface area contributed by atoms with Gasteiger partial charge in [0.1, 0.15) is 0 Å². The van der Waals surface area contributed by atoms with Crippen LogP contribution >= 0.6 is 67.8 Å². The van der Waals surface area contributed by atoms with E-state index in [1.54, 1.807) is 13.8 Å². The van der Waals surface area contributed by atoms with Gasteiger partial charge in [0.25, 0.3) is 0 Å². The zero-order valence-electron chi connectivity index (χ0n) is 12.2. The summed E-state index contributed by atoms with van der Waals surface area (Å²) in [6, 6.07) is 4.07. The lowest BCUT2D eigenvalue weighted by Crippen LogP contribution is -2.42. The summed E-state index contributed by atoms with van der Waals surface area (Å²) < 4.78 is 3.21. The Kier molecular flexibility index (Phi) is 8.12. The molecule has 0 heterocycles. The quantitative estimate of drug-likeness (QED) is 0.475. The van der Waals surface area contributed by atoms with Crippen molar-refractivity contribution in [2.24, 2.45) is 0 Å². The molecule has 0 aliphatic heterocycles. The van der Waals surface area contributed by atoms with Crippen LogP contribution in [0.5, 0.6) is 0 Å². The number of hydrogen-bond donors (Lipinski definition) is 2. The smallest absolute Gasteiger partial charge is 0.238 e. The zero-order chi connectivity index (χ0) is 16.2. The molecule has 1 amide bonds. The first-order valence-electron chi connectivity index (χ1n) is 6.51. The van der Waals surface area contributed by atoms with Gasteiger partial charge in [0.05, 0.1) is 17.8 Å². The average Bonchev–Trinajstić information content (AvgIpc) is 2.31. The minimum Gasteiger partial charge on any atom is -0.389 e. The average molecular weight is 628 g/mol. The highest BCUT2D eigenvalue weighted by molar-refractivity contribution is 14.1. The summed E-state index contributed by atoms with van der Waals surface area (Å²) >= 11 is 6.73. The maximum Gasteiger partial charge on any atom is 0.238 e. The van der Waals surface area contributed by atoms with Crippen molar-refractivity contribution in [3.63, 3.8) is 0 Å². The molecule has 0 radical (unpaired) electrons. The molecule has 0 atom stereocenters. The van der Waals surface area contributed by atoms with Gasteiger partial charge in [0.15, 0.2) is 0 Å². The molecular formula is C14H19I3N2O2. The maximum absolute atomic E-state index is 12.2. The van der Waals surface area contributed by atoms with Gasteiger partial charge in [-0.25, -0.2) is 0 Å². The van der Waals surface area contributed by atoms with Gasteiger partial charge < -0.3 is 10.4 Å². The summed E-state index contributed by atoms with van der Waals surface area (Å²) in [5, 5.41) is 12.8. The SMILES string of the molecule is CCN(CC(=O)Nc1c(I)cc(I)cc1I)CC(C)(C)O. The van der Waals surface area contributed by atoms with E-state index in [2.05, 4.69) is 73.1 Å². The lowest BCUT2D eigenvalue weighted by Gasteiger charge is -2.27. The highest BCUT2D eigenvalue weighted by Gasteiger charge is 2.20. The van der Waals surface area contributed by atoms with E-state index in [1.165, 1.54) is 0 Å². The molecule has 0 spiro atoms. The molecule has 0 aliphatic rings. The minimum atomic E-state index is -0.804. The van der Waals surface area contributed by atoms with Gasteiger partial charge in [-0.2, -0.15) is 0 Å². The molecular weight excluding hydrogens is 609 g/mol. The topological polar surface area (TPSA) is 52.6 Å². The van der Waals surface area contributed by atoms with Gasteiger partial charge in [-0.15, -0.1) is 0 Å². The standard InChI is InChI=1S/C14H19I3N2O2/c1-4-19(8-14(2,3)21)7-12(20)18-13-10(16)5-9(15)6-11(13)17/h5-6,21H,4,7-8H2,1-3H3,(H,18,20). The molecule has 0 saturated carbocycles. The maximum atomic E-state index is 12.2. The molecule has 2 N–H and O–H groups in total. The van der Waals surface area contributed by atoms with Crippen LogP contribution in [0.1, 0.15) is 20.8 Å². The fourth-order valence-corrected chi connectivity index (χ4v) is 5.72. The molecule has 0 bridgehead atoms. The highest BCUT2D eigenvalue weighted by atomic mass is 127. The molecule has 7 heteroatoms. The van der Waals surface area contributed by atoms with E-state index >= 15 is 0 Å². The first-order valence-corrected chi connectivity index (χ1v) is 9.75. The second kappa shape index (κ2) is 8.60. The predicted molar refractivity (Wildman–Crippen MR) is 112 cm³/mol. The van der Waals surface area contributed by atoms with E-state index < -0.39 is 5.60 Å². The van der Waals surface area contributed by atoms with Gasteiger partial charge in [0.2, 0.25) is 5.91 Å². The van der Waals surface area contributed by atoms with E-state index in [1.807, 2.05) is 24.0 Å². The first kappa shape index (κ1) is 19.8. The van der Waals surface area contributed by atoms with Crippen molar-refractivity contribution in [2.75, 3.05) is 25.0 Å². The summed E-state index contributed by atoms with van der Waals surface area (Å²) in [6.45, 7) is 6.95. The first-order chi connectivity index (χ1) is 9.62. The third-order valence-corrected chi connectivity index (χ3v) is 5.02. The number of halogens is 3. The van der Waals surface area contributed by atoms with Gasteiger partial charge in [-0.05, 0) is 100 Å². The van der Waals surface area contributed by atoms with Crippen LogP contribution in [0.25, 0.3) is 0 Å². The molecule has 1 aromatic rings. The molecule has 0 unspecified atom stereocenters. The number of anilines is 1. The van der Waals surface area contributed by atoms with Gasteiger partial charge in [0, 0.05) is 17.3 Å². The van der Waals surface area contributed by atoms with Crippen LogP contribution in [0.2, 0.25) is 0 Å². The fourth-order valence-electron chi connectivity index (χ4n) is 1.87. The van der Waals surface area contributed by atoms with Crippen molar-refractivity contribution in [3.8, 4) is 0 Å². The number of hydrogen-bond acceptors (Lipinski definition) is 3. The monoisotopic (exact) mass is 628 g/mol. The van der Waals surface area contributed by atoms with Gasteiger partial charge >= 0.3 is 0 Å². The van der Waals surface area contributed by atoms with Crippen LogP contribution in [0.4, 0.5) is 5.69 Å². The summed E-state index contributed by atoms with van der Waals surface area (Å²) in [7, 11) is 0. The number of carbonyl (C=O) groups excluding carboxylic acids is 1. The molecule has 0 aromatic heterocycles. The number of nitrogens with one attached hydrogen (secondary N) is 1. The van der Waals surface area contributed by atoms with E-state index in [9.17, 15) is 9.90 Å². The minimum absolute atomic E-state index is 0.0573. The van der Waals surface area contributed by atoms with E-state index in [-0.39, 0.29) is 12.5 Å².